The number of para-hydroxylation sites is 1. The third kappa shape index (κ3) is 3.92. The van der Waals surface area contributed by atoms with Gasteiger partial charge in [-0.1, -0.05) is 12.1 Å². The van der Waals surface area contributed by atoms with Crippen molar-refractivity contribution in [3.63, 3.8) is 0 Å². The quantitative estimate of drug-likeness (QED) is 0.378. The second-order valence-electron chi connectivity index (χ2n) is 5.25. The van der Waals surface area contributed by atoms with Gasteiger partial charge in [-0.2, -0.15) is 14.9 Å². The summed E-state index contributed by atoms with van der Waals surface area (Å²) in [5, 5.41) is 11.3. The van der Waals surface area contributed by atoms with Crippen LogP contribution in [0.2, 0.25) is 0 Å². The number of hydrazone groups is 1. The first-order valence-corrected chi connectivity index (χ1v) is 8.46. The molecule has 0 aliphatic carbocycles. The van der Waals surface area contributed by atoms with E-state index in [0.29, 0.717) is 17.2 Å². The van der Waals surface area contributed by atoms with Crippen LogP contribution < -0.4 is 15.0 Å². The van der Waals surface area contributed by atoms with E-state index >= 15 is 0 Å². The fourth-order valence-corrected chi connectivity index (χ4v) is 2.55. The van der Waals surface area contributed by atoms with Crippen molar-refractivity contribution in [2.45, 2.75) is 6.92 Å². The van der Waals surface area contributed by atoms with Gasteiger partial charge in [0.2, 0.25) is 4.77 Å². The molecule has 0 atom stereocenters. The largest absolute Gasteiger partial charge is 0.496 e. The summed E-state index contributed by atoms with van der Waals surface area (Å²) in [5.41, 5.74) is 4.62. The molecule has 1 aromatic heterocycles. The first-order valence-electron chi connectivity index (χ1n) is 8.05. The molecule has 26 heavy (non-hydrogen) atoms. The minimum Gasteiger partial charge on any atom is -0.496 e. The third-order valence-corrected chi connectivity index (χ3v) is 3.87. The van der Waals surface area contributed by atoms with E-state index in [0.717, 1.165) is 22.6 Å². The fraction of sp³-hybridized carbons (Fsp3) is 0.167. The first kappa shape index (κ1) is 17.7. The highest BCUT2D eigenvalue weighted by Crippen LogP contribution is 2.20. The summed E-state index contributed by atoms with van der Waals surface area (Å²) in [4.78, 5) is 0. The van der Waals surface area contributed by atoms with E-state index in [-0.39, 0.29) is 0 Å². The number of nitrogens with zero attached hydrogens (tertiary/aromatic N) is 3. The number of nitrogens with one attached hydrogen (secondary N) is 2. The highest BCUT2D eigenvalue weighted by Gasteiger charge is 2.08. The molecule has 0 bridgehead atoms. The Hall–Kier alpha value is -3.13. The van der Waals surface area contributed by atoms with Crippen molar-refractivity contribution in [1.82, 2.24) is 14.9 Å². The number of methoxy groups -OCH3 is 1. The molecule has 2 N–H and O–H groups in total. The van der Waals surface area contributed by atoms with E-state index < -0.39 is 0 Å². The number of hydrogen-bond acceptors (Lipinski definition) is 6. The van der Waals surface area contributed by atoms with Crippen LogP contribution >= 0.6 is 12.2 Å². The highest BCUT2D eigenvalue weighted by molar-refractivity contribution is 7.71. The van der Waals surface area contributed by atoms with Crippen LogP contribution in [0.4, 0.5) is 0 Å². The van der Waals surface area contributed by atoms with Crippen molar-refractivity contribution in [2.24, 2.45) is 5.10 Å². The molecule has 1 heterocycles. The molecule has 0 spiro atoms. The van der Waals surface area contributed by atoms with Gasteiger partial charge in [0.25, 0.3) is 0 Å². The zero-order valence-electron chi connectivity index (χ0n) is 14.5. The van der Waals surface area contributed by atoms with Crippen molar-refractivity contribution in [1.29, 1.82) is 0 Å². The van der Waals surface area contributed by atoms with Gasteiger partial charge in [-0.15, -0.1) is 0 Å². The van der Waals surface area contributed by atoms with E-state index in [1.54, 1.807) is 18.0 Å². The summed E-state index contributed by atoms with van der Waals surface area (Å²) in [5.74, 6) is 2.16. The molecule has 7 nitrogen and oxygen atoms in total. The summed E-state index contributed by atoms with van der Waals surface area (Å²) in [7, 11) is 1.62. The molecule has 0 aliphatic heterocycles. The molecule has 0 amide bonds. The van der Waals surface area contributed by atoms with Gasteiger partial charge in [0.15, 0.2) is 5.82 Å². The molecule has 134 valence electrons. The predicted molar refractivity (Wildman–Crippen MR) is 104 cm³/mol. The summed E-state index contributed by atoms with van der Waals surface area (Å²) >= 11 is 5.28. The second kappa shape index (κ2) is 8.30. The molecule has 0 radical (unpaired) electrons. The zero-order valence-corrected chi connectivity index (χ0v) is 15.3. The molecule has 3 aromatic rings. The van der Waals surface area contributed by atoms with Crippen LogP contribution in [0, 0.1) is 4.77 Å². The molecular weight excluding hydrogens is 350 g/mol. The molecule has 3 rings (SSSR count). The van der Waals surface area contributed by atoms with Crippen LogP contribution in [-0.4, -0.2) is 34.8 Å². The first-order chi connectivity index (χ1) is 12.7. The van der Waals surface area contributed by atoms with Gasteiger partial charge in [-0.25, -0.2) is 10.6 Å². The van der Waals surface area contributed by atoms with Crippen LogP contribution in [0.3, 0.4) is 0 Å². The lowest BCUT2D eigenvalue weighted by atomic mass is 10.2. The van der Waals surface area contributed by atoms with Crippen molar-refractivity contribution in [3.8, 4) is 22.9 Å². The van der Waals surface area contributed by atoms with Gasteiger partial charge >= 0.3 is 0 Å². The van der Waals surface area contributed by atoms with Crippen LogP contribution in [0.15, 0.2) is 53.6 Å². The number of benzene rings is 2. The Morgan fingerprint density at radius 3 is 2.73 bits per heavy atom. The van der Waals surface area contributed by atoms with Gasteiger partial charge in [0.05, 0.1) is 19.9 Å². The number of rotatable bonds is 7. The summed E-state index contributed by atoms with van der Waals surface area (Å²) in [6.07, 6.45) is 1.66. The smallest absolute Gasteiger partial charge is 0.216 e. The maximum Gasteiger partial charge on any atom is 0.216 e. The fourth-order valence-electron chi connectivity index (χ4n) is 2.38. The van der Waals surface area contributed by atoms with Crippen molar-refractivity contribution in [2.75, 3.05) is 19.3 Å². The highest BCUT2D eigenvalue weighted by atomic mass is 32.1. The number of aromatic nitrogens is 3. The van der Waals surface area contributed by atoms with E-state index in [4.69, 9.17) is 21.7 Å². The van der Waals surface area contributed by atoms with Gasteiger partial charge in [-0.05, 0) is 55.5 Å². The second-order valence-corrected chi connectivity index (χ2v) is 5.63. The lowest BCUT2D eigenvalue weighted by Gasteiger charge is -2.07. The van der Waals surface area contributed by atoms with Gasteiger partial charge in [-0.3, -0.25) is 0 Å². The molecular formula is C18H19N5O2S. The van der Waals surface area contributed by atoms with E-state index in [1.807, 2.05) is 55.5 Å². The monoisotopic (exact) mass is 369 g/mol. The van der Waals surface area contributed by atoms with Crippen LogP contribution in [0.1, 0.15) is 12.5 Å². The summed E-state index contributed by atoms with van der Waals surface area (Å²) in [6.45, 7) is 2.57. The molecule has 8 heteroatoms. The Kier molecular flexibility index (Phi) is 5.65. The zero-order chi connectivity index (χ0) is 18.4. The standard InChI is InChI=1S/C18H19N5O2S/c1-3-25-15-10-8-13(9-11-15)17-20-21-18(26)23(17)22-19-12-14-6-4-5-7-16(14)24-2/h4-12,22H,3H2,1-2H3,(H,21,26). The Morgan fingerprint density at radius 1 is 1.23 bits per heavy atom. The predicted octanol–water partition coefficient (Wildman–Crippen LogP) is 3.59. The molecule has 0 saturated carbocycles. The molecule has 0 aliphatic rings. The van der Waals surface area contributed by atoms with E-state index in [1.165, 1.54) is 0 Å². The molecule has 0 fully saturated rings. The number of aromatic amines is 1. The lowest BCUT2D eigenvalue weighted by molar-refractivity contribution is 0.340. The Bertz CT molecular complexity index is 947. The summed E-state index contributed by atoms with van der Waals surface area (Å²) < 4.78 is 12.8. The topological polar surface area (TPSA) is 76.5 Å². The Balaban J connectivity index is 1.82. The molecule has 0 unspecified atom stereocenters. The van der Waals surface area contributed by atoms with Gasteiger partial charge < -0.3 is 9.47 Å². The van der Waals surface area contributed by atoms with Crippen LogP contribution in [0.25, 0.3) is 11.4 Å². The minimum atomic E-state index is 0.408. The average Bonchev–Trinajstić information content (AvgIpc) is 3.04. The van der Waals surface area contributed by atoms with Crippen molar-refractivity contribution in [3.05, 3.63) is 58.9 Å². The Labute approximate surface area is 156 Å². The number of H-pyrrole nitrogens is 1. The van der Waals surface area contributed by atoms with Crippen molar-refractivity contribution < 1.29 is 9.47 Å². The SMILES string of the molecule is CCOc1ccc(-c2n[nH]c(=S)n2NN=Cc2ccccc2OC)cc1. The molecule has 0 saturated heterocycles. The van der Waals surface area contributed by atoms with E-state index in [9.17, 15) is 0 Å². The lowest BCUT2D eigenvalue weighted by Crippen LogP contribution is -2.10. The van der Waals surface area contributed by atoms with Crippen molar-refractivity contribution >= 4 is 18.4 Å². The summed E-state index contributed by atoms with van der Waals surface area (Å²) in [6, 6.07) is 15.2. The van der Waals surface area contributed by atoms with Gasteiger partial charge in [0, 0.05) is 11.1 Å². The Morgan fingerprint density at radius 2 is 2.00 bits per heavy atom. The molecule has 2 aromatic carbocycles. The van der Waals surface area contributed by atoms with Crippen LogP contribution in [0.5, 0.6) is 11.5 Å². The van der Waals surface area contributed by atoms with Gasteiger partial charge in [0.1, 0.15) is 11.5 Å². The van der Waals surface area contributed by atoms with E-state index in [2.05, 4.69) is 20.8 Å². The maximum atomic E-state index is 5.46. The number of ether oxygens (including phenoxy) is 2. The average molecular weight is 369 g/mol. The third-order valence-electron chi connectivity index (χ3n) is 3.60. The minimum absolute atomic E-state index is 0.408. The maximum absolute atomic E-state index is 5.46. The van der Waals surface area contributed by atoms with Crippen LogP contribution in [-0.2, 0) is 0 Å². The normalized spacial score (nSPS) is 10.8. The number of hydrogen-bond donors (Lipinski definition) is 2.